The van der Waals surface area contributed by atoms with Gasteiger partial charge in [-0.2, -0.15) is 0 Å². The molecular formula is C44H26N4S. The van der Waals surface area contributed by atoms with Crippen molar-refractivity contribution in [1.29, 1.82) is 0 Å². The first kappa shape index (κ1) is 26.7. The number of thiophene rings is 1. The van der Waals surface area contributed by atoms with E-state index in [4.69, 9.17) is 9.97 Å². The number of hydrogen-bond donors (Lipinski definition) is 0. The molecule has 4 aromatic heterocycles. The third-order valence-corrected chi connectivity index (χ3v) is 11.1. The van der Waals surface area contributed by atoms with Gasteiger partial charge in [0.1, 0.15) is 0 Å². The number of rotatable bonds is 3. The highest BCUT2D eigenvalue weighted by molar-refractivity contribution is 7.27. The fraction of sp³-hybridized carbons (Fsp3) is 0. The van der Waals surface area contributed by atoms with Crippen molar-refractivity contribution in [3.63, 3.8) is 0 Å². The van der Waals surface area contributed by atoms with E-state index in [0.717, 1.165) is 38.9 Å². The summed E-state index contributed by atoms with van der Waals surface area (Å²) in [6.07, 6.45) is 0. The Hall–Kier alpha value is -6.30. The zero-order valence-corrected chi connectivity index (χ0v) is 27.0. The quantitative estimate of drug-likeness (QED) is 0.192. The number of nitrogens with zero attached hydrogens (tertiary/aromatic N) is 4. The third kappa shape index (κ3) is 3.68. The molecule has 11 rings (SSSR count). The molecule has 7 aromatic carbocycles. The van der Waals surface area contributed by atoms with Crippen molar-refractivity contribution < 1.29 is 0 Å². The molecule has 49 heavy (non-hydrogen) atoms. The lowest BCUT2D eigenvalue weighted by Crippen LogP contribution is -2.03. The summed E-state index contributed by atoms with van der Waals surface area (Å²) >= 11 is 1.88. The van der Waals surface area contributed by atoms with Crippen molar-refractivity contribution in [3.05, 3.63) is 158 Å². The summed E-state index contributed by atoms with van der Waals surface area (Å²) in [6, 6.07) is 56.0. The molecule has 0 fully saturated rings. The number of hydrogen-bond acceptors (Lipinski definition) is 3. The molecule has 0 saturated heterocycles. The SMILES string of the molecule is c1ccc(-c2nc(-n3c4ccccc4c4c5sc6ccccc6c5c5c(c6ccccc6n5-c5ccccc5)c43)nc3ccccc23)cc1. The Labute approximate surface area is 284 Å². The Morgan fingerprint density at radius 2 is 0.980 bits per heavy atom. The summed E-state index contributed by atoms with van der Waals surface area (Å²) in [4.78, 5) is 10.8. The van der Waals surface area contributed by atoms with E-state index in [1.807, 2.05) is 11.3 Å². The Morgan fingerprint density at radius 3 is 1.76 bits per heavy atom. The highest BCUT2D eigenvalue weighted by Gasteiger charge is 2.27. The summed E-state index contributed by atoms with van der Waals surface area (Å²) < 4.78 is 7.35. The van der Waals surface area contributed by atoms with Gasteiger partial charge < -0.3 is 4.57 Å². The predicted molar refractivity (Wildman–Crippen MR) is 207 cm³/mol. The number of fused-ring (bicyclic) bond motifs is 13. The fourth-order valence-corrected chi connectivity index (χ4v) is 9.18. The topological polar surface area (TPSA) is 35.6 Å². The molecule has 0 aliphatic rings. The maximum Gasteiger partial charge on any atom is 0.235 e. The van der Waals surface area contributed by atoms with Crippen LogP contribution in [0.2, 0.25) is 0 Å². The second-order valence-electron chi connectivity index (χ2n) is 12.5. The van der Waals surface area contributed by atoms with Crippen LogP contribution in [-0.4, -0.2) is 19.1 Å². The minimum Gasteiger partial charge on any atom is -0.308 e. The highest BCUT2D eigenvalue weighted by Crippen LogP contribution is 2.51. The standard InChI is InChI=1S/C44H26N4S/c1-3-15-27(16-4-1)40-29-19-7-11-23-33(29)45-44(46-40)48-35-25-13-9-21-31(35)38-42(48)37-30-20-8-12-24-34(30)47(28-17-5-2-6-18-28)41(37)39-32-22-10-14-26-36(32)49-43(38)39/h1-26H. The van der Waals surface area contributed by atoms with Crippen LogP contribution < -0.4 is 0 Å². The second-order valence-corrected chi connectivity index (χ2v) is 13.6. The molecule has 5 heteroatoms. The molecule has 0 unspecified atom stereocenters. The van der Waals surface area contributed by atoms with Crippen molar-refractivity contribution in [1.82, 2.24) is 19.1 Å². The van der Waals surface area contributed by atoms with Gasteiger partial charge in [0.05, 0.1) is 33.3 Å². The van der Waals surface area contributed by atoms with Gasteiger partial charge in [-0.05, 0) is 36.4 Å². The van der Waals surface area contributed by atoms with Gasteiger partial charge in [-0.3, -0.25) is 4.57 Å². The highest BCUT2D eigenvalue weighted by atomic mass is 32.1. The molecule has 0 amide bonds. The van der Waals surface area contributed by atoms with Crippen molar-refractivity contribution in [2.75, 3.05) is 0 Å². The molecule has 0 N–H and O–H groups in total. The lowest BCUT2D eigenvalue weighted by atomic mass is 10.0. The maximum atomic E-state index is 5.44. The first-order chi connectivity index (χ1) is 24.3. The van der Waals surface area contributed by atoms with E-state index in [9.17, 15) is 0 Å². The van der Waals surface area contributed by atoms with Crippen LogP contribution in [0.3, 0.4) is 0 Å². The minimum atomic E-state index is 0.669. The summed E-state index contributed by atoms with van der Waals surface area (Å²) in [7, 11) is 0. The average molecular weight is 643 g/mol. The van der Waals surface area contributed by atoms with Gasteiger partial charge in [-0.1, -0.05) is 121 Å². The van der Waals surface area contributed by atoms with Crippen molar-refractivity contribution in [2.45, 2.75) is 0 Å². The van der Waals surface area contributed by atoms with Gasteiger partial charge in [-0.15, -0.1) is 11.3 Å². The Balaban J connectivity index is 1.44. The Bertz CT molecular complexity index is 3100. The number of para-hydroxylation sites is 4. The normalized spacial score (nSPS) is 12.1. The largest absolute Gasteiger partial charge is 0.308 e. The van der Waals surface area contributed by atoms with E-state index in [2.05, 4.69) is 167 Å². The van der Waals surface area contributed by atoms with Gasteiger partial charge in [0.15, 0.2) is 0 Å². The van der Waals surface area contributed by atoms with E-state index in [0.29, 0.717) is 5.95 Å². The maximum absolute atomic E-state index is 5.44. The van der Waals surface area contributed by atoms with Gasteiger partial charge >= 0.3 is 0 Å². The van der Waals surface area contributed by atoms with Crippen molar-refractivity contribution >= 4 is 86.0 Å². The van der Waals surface area contributed by atoms with E-state index < -0.39 is 0 Å². The van der Waals surface area contributed by atoms with E-state index >= 15 is 0 Å². The van der Waals surface area contributed by atoms with Gasteiger partial charge in [0.2, 0.25) is 5.95 Å². The molecule has 4 heterocycles. The first-order valence-electron chi connectivity index (χ1n) is 16.5. The molecule has 0 spiro atoms. The zero-order valence-electron chi connectivity index (χ0n) is 26.2. The van der Waals surface area contributed by atoms with Gasteiger partial charge in [0, 0.05) is 58.4 Å². The fourth-order valence-electron chi connectivity index (χ4n) is 7.91. The van der Waals surface area contributed by atoms with Crippen LogP contribution in [0.25, 0.3) is 97.6 Å². The van der Waals surface area contributed by atoms with Crippen LogP contribution >= 0.6 is 11.3 Å². The molecule has 0 atom stereocenters. The molecule has 0 saturated carbocycles. The van der Waals surface area contributed by atoms with Crippen LogP contribution in [0.5, 0.6) is 0 Å². The van der Waals surface area contributed by atoms with Crippen LogP contribution in [0.15, 0.2) is 158 Å². The average Bonchev–Trinajstić information content (AvgIpc) is 3.83. The Kier molecular flexibility index (Phi) is 5.51. The summed E-state index contributed by atoms with van der Waals surface area (Å²) in [5, 5.41) is 8.46. The Morgan fingerprint density at radius 1 is 0.429 bits per heavy atom. The number of aromatic nitrogens is 4. The summed E-state index contributed by atoms with van der Waals surface area (Å²) in [5.41, 5.74) is 8.67. The van der Waals surface area contributed by atoms with E-state index in [-0.39, 0.29) is 0 Å². The van der Waals surface area contributed by atoms with Crippen LogP contribution in [0, 0.1) is 0 Å². The molecular weight excluding hydrogens is 617 g/mol. The molecule has 0 bridgehead atoms. The summed E-state index contributed by atoms with van der Waals surface area (Å²) in [6.45, 7) is 0. The van der Waals surface area contributed by atoms with Crippen molar-refractivity contribution in [3.8, 4) is 22.9 Å². The third-order valence-electron chi connectivity index (χ3n) is 9.90. The molecule has 0 aliphatic heterocycles. The van der Waals surface area contributed by atoms with E-state index in [1.54, 1.807) is 0 Å². The monoisotopic (exact) mass is 642 g/mol. The predicted octanol–water partition coefficient (Wildman–Crippen LogP) is 11.9. The van der Waals surface area contributed by atoms with Gasteiger partial charge in [0.25, 0.3) is 0 Å². The minimum absolute atomic E-state index is 0.669. The smallest absolute Gasteiger partial charge is 0.235 e. The van der Waals surface area contributed by atoms with Crippen molar-refractivity contribution in [2.24, 2.45) is 0 Å². The molecule has 0 aliphatic carbocycles. The second kappa shape index (κ2) is 10.1. The molecule has 11 aromatic rings. The zero-order chi connectivity index (χ0) is 32.1. The lowest BCUT2D eigenvalue weighted by Gasteiger charge is -2.13. The number of benzene rings is 7. The molecule has 228 valence electrons. The van der Waals surface area contributed by atoms with Crippen LogP contribution in [0.1, 0.15) is 0 Å². The first-order valence-corrected chi connectivity index (χ1v) is 17.3. The summed E-state index contributed by atoms with van der Waals surface area (Å²) in [5.74, 6) is 0.669. The van der Waals surface area contributed by atoms with Crippen LogP contribution in [0.4, 0.5) is 0 Å². The molecule has 4 nitrogen and oxygen atoms in total. The van der Waals surface area contributed by atoms with E-state index in [1.165, 1.54) is 52.8 Å². The van der Waals surface area contributed by atoms with Gasteiger partial charge in [-0.25, -0.2) is 9.97 Å². The lowest BCUT2D eigenvalue weighted by molar-refractivity contribution is 1.02. The molecule has 0 radical (unpaired) electrons. The van der Waals surface area contributed by atoms with Crippen LogP contribution in [-0.2, 0) is 0 Å².